The molecule has 0 aromatic rings. The molecule has 2 aliphatic heterocycles. The molecule has 12 atom stereocenters. The van der Waals surface area contributed by atoms with Crippen molar-refractivity contribution in [2.24, 2.45) is 33.7 Å². The molecule has 40 heavy (non-hydrogen) atoms. The van der Waals surface area contributed by atoms with Crippen LogP contribution in [-0.2, 0) is 23.7 Å². The van der Waals surface area contributed by atoms with E-state index in [1.165, 1.54) is 0 Å². The highest BCUT2D eigenvalue weighted by Gasteiger charge is 2.71. The molecular formula is C30H45NO9. The normalized spacial score (nSPS) is 52.5. The first-order valence-corrected chi connectivity index (χ1v) is 15.0. The summed E-state index contributed by atoms with van der Waals surface area (Å²) in [5.41, 5.74) is -2.28. The number of rotatable bonds is 5. The topological polar surface area (TPSA) is 147 Å². The van der Waals surface area contributed by atoms with Crippen LogP contribution in [-0.4, -0.2) is 88.3 Å². The molecule has 224 valence electrons. The standard InChI is InChI=1S/C30H45NO9/c1-17-26(33)23(37-3)13-25(39-17)40-19-4-9-28(16-31-36)21-5-8-27(2)20(18-12-24(32)38-15-18)7-11-30(27,35)22(21)6-10-29(28,34)14-19/h12,16-17,19-23,25-26,33-36H,4-11,13-15H2,1-3H3/t17?,19?,20?,21?,22?,23?,25?,26?,27-,28+,29?,30?/m1/s1. The molecular weight excluding hydrogens is 518 g/mol. The number of nitrogens with zero attached hydrogens (tertiary/aromatic N) is 1. The average molecular weight is 564 g/mol. The fourth-order valence-corrected chi connectivity index (χ4v) is 10.1. The Hall–Kier alpha value is -1.56. The Morgan fingerprint density at radius 1 is 1.10 bits per heavy atom. The third-order valence-electron chi connectivity index (χ3n) is 12.2. The molecule has 0 radical (unpaired) electrons. The minimum absolute atomic E-state index is 0.0469. The third-order valence-corrected chi connectivity index (χ3v) is 12.2. The zero-order valence-electron chi connectivity index (χ0n) is 23.8. The van der Waals surface area contributed by atoms with Gasteiger partial charge in [0, 0.05) is 36.9 Å². The first-order chi connectivity index (χ1) is 19.0. The number of hydrogen-bond donors (Lipinski definition) is 4. The number of ether oxygens (including phenoxy) is 4. The average Bonchev–Trinajstić information content (AvgIpc) is 3.46. The molecule has 0 aromatic carbocycles. The van der Waals surface area contributed by atoms with E-state index in [-0.39, 0.29) is 35.9 Å². The zero-order valence-corrected chi connectivity index (χ0v) is 23.8. The van der Waals surface area contributed by atoms with Crippen molar-refractivity contribution in [3.8, 4) is 0 Å². The lowest BCUT2D eigenvalue weighted by molar-refractivity contribution is -0.284. The molecule has 2 heterocycles. The van der Waals surface area contributed by atoms with E-state index in [1.807, 2.05) is 0 Å². The van der Waals surface area contributed by atoms with Crippen molar-refractivity contribution in [1.29, 1.82) is 0 Å². The van der Waals surface area contributed by atoms with Crippen LogP contribution in [0.4, 0.5) is 0 Å². The van der Waals surface area contributed by atoms with Crippen LogP contribution in [0.15, 0.2) is 16.8 Å². The summed E-state index contributed by atoms with van der Waals surface area (Å²) >= 11 is 0. The molecule has 0 bridgehead atoms. The maximum atomic E-state index is 12.5. The third kappa shape index (κ3) is 4.04. The van der Waals surface area contributed by atoms with Crippen molar-refractivity contribution < 1.29 is 44.3 Å². The second-order valence-corrected chi connectivity index (χ2v) is 13.6. The van der Waals surface area contributed by atoms with E-state index < -0.39 is 40.5 Å². The second-order valence-electron chi connectivity index (χ2n) is 13.6. The van der Waals surface area contributed by atoms with Gasteiger partial charge in [-0.15, -0.1) is 5.16 Å². The van der Waals surface area contributed by atoms with Gasteiger partial charge in [0.05, 0.1) is 35.7 Å². The summed E-state index contributed by atoms with van der Waals surface area (Å²) in [6.45, 7) is 4.27. The van der Waals surface area contributed by atoms with E-state index in [9.17, 15) is 25.3 Å². The fraction of sp³-hybridized carbons (Fsp3) is 0.867. The summed E-state index contributed by atoms with van der Waals surface area (Å²) in [5, 5.41) is 48.5. The molecule has 1 saturated heterocycles. The second kappa shape index (κ2) is 10.0. The highest BCUT2D eigenvalue weighted by Crippen LogP contribution is 2.70. The van der Waals surface area contributed by atoms with Gasteiger partial charge in [-0.1, -0.05) is 6.92 Å². The van der Waals surface area contributed by atoms with Crippen molar-refractivity contribution in [2.45, 2.75) is 120 Å². The molecule has 4 saturated carbocycles. The number of carbonyl (C=O) groups excluding carboxylic acids is 1. The lowest BCUT2D eigenvalue weighted by Crippen LogP contribution is -2.69. The fourth-order valence-electron chi connectivity index (χ4n) is 10.1. The SMILES string of the molecule is COC1CC(OC2CC[C@]3(C=NO)C4CC[C@]5(C)C(C6=CC(=O)OC6)CCC5(O)C4CCC3(O)C2)OC(C)C1O. The Bertz CT molecular complexity index is 1070. The van der Waals surface area contributed by atoms with Gasteiger partial charge in [0.1, 0.15) is 12.7 Å². The maximum Gasteiger partial charge on any atom is 0.331 e. The molecule has 10 heteroatoms. The van der Waals surface area contributed by atoms with Gasteiger partial charge in [0.15, 0.2) is 6.29 Å². The Morgan fingerprint density at radius 3 is 2.58 bits per heavy atom. The molecule has 0 aromatic heterocycles. The van der Waals surface area contributed by atoms with E-state index in [4.69, 9.17) is 18.9 Å². The highest BCUT2D eigenvalue weighted by atomic mass is 16.7. The van der Waals surface area contributed by atoms with Gasteiger partial charge >= 0.3 is 5.97 Å². The van der Waals surface area contributed by atoms with Gasteiger partial charge in [-0.05, 0) is 81.6 Å². The van der Waals surface area contributed by atoms with Gasteiger partial charge in [-0.3, -0.25) is 0 Å². The minimum Gasteiger partial charge on any atom is -0.458 e. The molecule has 0 amide bonds. The largest absolute Gasteiger partial charge is 0.458 e. The number of oxime groups is 1. The van der Waals surface area contributed by atoms with Crippen molar-refractivity contribution in [3.05, 3.63) is 11.6 Å². The molecule has 5 fully saturated rings. The van der Waals surface area contributed by atoms with E-state index >= 15 is 0 Å². The first kappa shape index (κ1) is 28.6. The van der Waals surface area contributed by atoms with Crippen LogP contribution < -0.4 is 0 Å². The summed E-state index contributed by atoms with van der Waals surface area (Å²) in [5.74, 6) is -0.319. The van der Waals surface area contributed by atoms with Crippen molar-refractivity contribution in [3.63, 3.8) is 0 Å². The summed E-state index contributed by atoms with van der Waals surface area (Å²) in [6.07, 6.45) is 6.96. The van der Waals surface area contributed by atoms with Crippen molar-refractivity contribution in [1.82, 2.24) is 0 Å². The van der Waals surface area contributed by atoms with Gasteiger partial charge in [-0.25, -0.2) is 4.79 Å². The van der Waals surface area contributed by atoms with Gasteiger partial charge in [-0.2, -0.15) is 0 Å². The summed E-state index contributed by atoms with van der Waals surface area (Å²) in [7, 11) is 1.57. The van der Waals surface area contributed by atoms with Crippen LogP contribution >= 0.6 is 0 Å². The predicted molar refractivity (Wildman–Crippen MR) is 142 cm³/mol. The number of hydrogen-bond acceptors (Lipinski definition) is 10. The minimum atomic E-state index is -1.15. The van der Waals surface area contributed by atoms with Gasteiger partial charge < -0.3 is 39.5 Å². The van der Waals surface area contributed by atoms with Crippen molar-refractivity contribution >= 4 is 12.2 Å². The lowest BCUT2D eigenvalue weighted by atomic mass is 9.41. The number of carbonyl (C=O) groups is 1. The molecule has 6 rings (SSSR count). The van der Waals surface area contributed by atoms with E-state index in [0.717, 1.165) is 24.8 Å². The number of fused-ring (bicyclic) bond motifs is 5. The van der Waals surface area contributed by atoms with Gasteiger partial charge in [0.25, 0.3) is 0 Å². The number of aliphatic hydroxyl groups excluding tert-OH is 1. The lowest BCUT2D eigenvalue weighted by Gasteiger charge is -2.65. The molecule has 4 aliphatic carbocycles. The van der Waals surface area contributed by atoms with E-state index in [1.54, 1.807) is 26.3 Å². The Morgan fingerprint density at radius 2 is 1.88 bits per heavy atom. The van der Waals surface area contributed by atoms with Gasteiger partial charge in [0.2, 0.25) is 0 Å². The Kier molecular flexibility index (Phi) is 7.15. The van der Waals surface area contributed by atoms with Crippen LogP contribution in [0.3, 0.4) is 0 Å². The number of cyclic esters (lactones) is 1. The van der Waals surface area contributed by atoms with Crippen molar-refractivity contribution in [2.75, 3.05) is 13.7 Å². The number of aliphatic hydroxyl groups is 3. The van der Waals surface area contributed by atoms with Crippen LogP contribution in [0.1, 0.15) is 78.1 Å². The van der Waals surface area contributed by atoms with Crippen LogP contribution in [0.25, 0.3) is 0 Å². The molecule has 4 N–H and O–H groups in total. The monoisotopic (exact) mass is 563 g/mol. The van der Waals surface area contributed by atoms with Crippen LogP contribution in [0.5, 0.6) is 0 Å². The van der Waals surface area contributed by atoms with Crippen LogP contribution in [0.2, 0.25) is 0 Å². The molecule has 10 nitrogen and oxygen atoms in total. The smallest absolute Gasteiger partial charge is 0.331 e. The zero-order chi connectivity index (χ0) is 28.5. The number of esters is 1. The van der Waals surface area contributed by atoms with E-state index in [0.29, 0.717) is 51.6 Å². The highest BCUT2D eigenvalue weighted by molar-refractivity contribution is 5.85. The maximum absolute atomic E-state index is 12.5. The molecule has 6 aliphatic rings. The molecule has 0 spiro atoms. The Labute approximate surface area is 235 Å². The van der Waals surface area contributed by atoms with Crippen LogP contribution in [0, 0.1) is 28.6 Å². The first-order valence-electron chi connectivity index (χ1n) is 15.0. The number of methoxy groups -OCH3 is 1. The quantitative estimate of drug-likeness (QED) is 0.130. The Balaban J connectivity index is 1.23. The summed E-state index contributed by atoms with van der Waals surface area (Å²) < 4.78 is 23.0. The predicted octanol–water partition coefficient (Wildman–Crippen LogP) is 2.69. The van der Waals surface area contributed by atoms with E-state index in [2.05, 4.69) is 12.1 Å². The summed E-state index contributed by atoms with van der Waals surface area (Å²) in [4.78, 5) is 11.8. The summed E-state index contributed by atoms with van der Waals surface area (Å²) in [6, 6.07) is 0. The molecule has 10 unspecified atom stereocenters.